The minimum Gasteiger partial charge on any atom is -0.507 e. The first-order valence-electron chi connectivity index (χ1n) is 8.65. The van der Waals surface area contributed by atoms with E-state index in [2.05, 4.69) is 5.32 Å². The lowest BCUT2D eigenvalue weighted by Gasteiger charge is -2.11. The lowest BCUT2D eigenvalue weighted by atomic mass is 10.1. The number of methoxy groups -OCH3 is 1. The van der Waals surface area contributed by atoms with Crippen LogP contribution in [0.2, 0.25) is 0 Å². The molecule has 0 unspecified atom stereocenters. The monoisotopic (exact) mass is 360 g/mol. The molecule has 0 aliphatic carbocycles. The molecule has 0 saturated carbocycles. The number of hydrogen-bond acceptors (Lipinski definition) is 3. The molecule has 5 nitrogen and oxygen atoms in total. The predicted octanol–water partition coefficient (Wildman–Crippen LogP) is 4.61. The topological polar surface area (TPSA) is 63.5 Å². The van der Waals surface area contributed by atoms with Gasteiger partial charge in [0, 0.05) is 35.1 Å². The van der Waals surface area contributed by atoms with E-state index >= 15 is 0 Å². The number of aromatic nitrogens is 1. The van der Waals surface area contributed by atoms with E-state index in [1.54, 1.807) is 31.4 Å². The molecule has 0 atom stereocenters. The number of carbonyl (C=O) groups is 1. The number of hydrogen-bond donors (Lipinski definition) is 2. The Morgan fingerprint density at radius 3 is 2.56 bits per heavy atom. The fraction of sp³-hybridized carbons (Fsp3) is 0.136. The van der Waals surface area contributed by atoms with E-state index in [0.717, 1.165) is 33.1 Å². The van der Waals surface area contributed by atoms with Crippen molar-refractivity contribution in [2.24, 2.45) is 7.05 Å². The highest BCUT2D eigenvalue weighted by molar-refractivity contribution is 6.14. The summed E-state index contributed by atoms with van der Waals surface area (Å²) in [4.78, 5) is 12.8. The number of benzene rings is 3. The minimum atomic E-state index is -0.351. The zero-order valence-corrected chi connectivity index (χ0v) is 15.4. The number of aryl methyl sites for hydroxylation is 2. The molecular weight excluding hydrogens is 340 g/mol. The molecule has 2 N–H and O–H groups in total. The van der Waals surface area contributed by atoms with Crippen molar-refractivity contribution in [2.45, 2.75) is 6.92 Å². The zero-order valence-electron chi connectivity index (χ0n) is 15.4. The van der Waals surface area contributed by atoms with Crippen LogP contribution in [-0.2, 0) is 7.05 Å². The van der Waals surface area contributed by atoms with Gasteiger partial charge in [-0.05, 0) is 42.8 Å². The van der Waals surface area contributed by atoms with Crippen LogP contribution in [0, 0.1) is 6.92 Å². The van der Waals surface area contributed by atoms with Crippen molar-refractivity contribution in [1.82, 2.24) is 4.57 Å². The third kappa shape index (κ3) is 2.77. The van der Waals surface area contributed by atoms with Crippen LogP contribution in [0.25, 0.3) is 21.8 Å². The summed E-state index contributed by atoms with van der Waals surface area (Å²) in [6.07, 6.45) is 0. The number of carbonyl (C=O) groups excluding carboxylic acids is 1. The van der Waals surface area contributed by atoms with E-state index in [1.807, 2.05) is 48.9 Å². The molecule has 0 radical (unpaired) electrons. The van der Waals surface area contributed by atoms with E-state index in [1.165, 1.54) is 0 Å². The van der Waals surface area contributed by atoms with Crippen LogP contribution in [0.15, 0.2) is 54.6 Å². The molecule has 1 aromatic heterocycles. The number of fused-ring (bicyclic) bond motifs is 3. The second kappa shape index (κ2) is 6.36. The molecule has 5 heteroatoms. The van der Waals surface area contributed by atoms with Crippen LogP contribution < -0.4 is 10.1 Å². The number of nitrogens with one attached hydrogen (secondary N) is 1. The SMILES string of the molecule is COc1ccc(NC(=O)c2cc3c4ccccc4n(C)c3cc2O)c(C)c1. The molecular formula is C22H20N2O3. The summed E-state index contributed by atoms with van der Waals surface area (Å²) < 4.78 is 7.21. The maximum Gasteiger partial charge on any atom is 0.259 e. The highest BCUT2D eigenvalue weighted by atomic mass is 16.5. The van der Waals surface area contributed by atoms with E-state index in [0.29, 0.717) is 5.69 Å². The normalized spacial score (nSPS) is 11.1. The van der Waals surface area contributed by atoms with Crippen LogP contribution in [0.3, 0.4) is 0 Å². The largest absolute Gasteiger partial charge is 0.507 e. The molecule has 136 valence electrons. The van der Waals surface area contributed by atoms with Gasteiger partial charge in [-0.25, -0.2) is 0 Å². The van der Waals surface area contributed by atoms with Crippen LogP contribution in [0.4, 0.5) is 5.69 Å². The second-order valence-corrected chi connectivity index (χ2v) is 6.60. The van der Waals surface area contributed by atoms with Gasteiger partial charge in [-0.15, -0.1) is 0 Å². The summed E-state index contributed by atoms with van der Waals surface area (Å²) in [5.41, 5.74) is 3.74. The Morgan fingerprint density at radius 1 is 1.04 bits per heavy atom. The first-order chi connectivity index (χ1) is 13.0. The predicted molar refractivity (Wildman–Crippen MR) is 108 cm³/mol. The molecule has 0 fully saturated rings. The van der Waals surface area contributed by atoms with Crippen LogP contribution in [0.1, 0.15) is 15.9 Å². The van der Waals surface area contributed by atoms with Crippen molar-refractivity contribution in [3.05, 3.63) is 65.7 Å². The zero-order chi connectivity index (χ0) is 19.1. The molecule has 4 aromatic rings. The number of phenols is 1. The molecule has 3 aromatic carbocycles. The van der Waals surface area contributed by atoms with Crippen molar-refractivity contribution in [3.8, 4) is 11.5 Å². The lowest BCUT2D eigenvalue weighted by Crippen LogP contribution is -2.13. The van der Waals surface area contributed by atoms with Crippen LogP contribution in [-0.4, -0.2) is 22.7 Å². The number of amides is 1. The van der Waals surface area contributed by atoms with Gasteiger partial charge in [0.15, 0.2) is 0 Å². The summed E-state index contributed by atoms with van der Waals surface area (Å²) >= 11 is 0. The molecule has 0 saturated heterocycles. The molecule has 1 amide bonds. The highest BCUT2D eigenvalue weighted by Gasteiger charge is 2.17. The highest BCUT2D eigenvalue weighted by Crippen LogP contribution is 2.33. The Hall–Kier alpha value is -3.47. The number of rotatable bonds is 3. The molecule has 1 heterocycles. The first kappa shape index (κ1) is 17.0. The summed E-state index contributed by atoms with van der Waals surface area (Å²) in [7, 11) is 3.55. The van der Waals surface area contributed by atoms with Crippen molar-refractivity contribution in [2.75, 3.05) is 12.4 Å². The van der Waals surface area contributed by atoms with E-state index < -0.39 is 0 Å². The maximum absolute atomic E-state index is 12.8. The number of ether oxygens (including phenoxy) is 1. The minimum absolute atomic E-state index is 0.0444. The van der Waals surface area contributed by atoms with E-state index in [4.69, 9.17) is 4.74 Å². The van der Waals surface area contributed by atoms with Crippen LogP contribution >= 0.6 is 0 Å². The Balaban J connectivity index is 1.78. The average molecular weight is 360 g/mol. The van der Waals surface area contributed by atoms with Crippen molar-refractivity contribution >= 4 is 33.4 Å². The third-order valence-electron chi connectivity index (χ3n) is 4.96. The molecule has 0 bridgehead atoms. The molecule has 0 aliphatic heterocycles. The van der Waals surface area contributed by atoms with Gasteiger partial charge in [0.1, 0.15) is 11.5 Å². The Labute approximate surface area is 156 Å². The third-order valence-corrected chi connectivity index (χ3v) is 4.96. The Morgan fingerprint density at radius 2 is 1.81 bits per heavy atom. The number of nitrogens with zero attached hydrogens (tertiary/aromatic N) is 1. The van der Waals surface area contributed by atoms with Gasteiger partial charge in [-0.3, -0.25) is 4.79 Å². The molecule has 27 heavy (non-hydrogen) atoms. The Bertz CT molecular complexity index is 1190. The van der Waals surface area contributed by atoms with Gasteiger partial charge in [0.05, 0.1) is 18.2 Å². The smallest absolute Gasteiger partial charge is 0.259 e. The Kier molecular flexibility index (Phi) is 4.00. The van der Waals surface area contributed by atoms with Gasteiger partial charge in [0.2, 0.25) is 0 Å². The van der Waals surface area contributed by atoms with Crippen molar-refractivity contribution < 1.29 is 14.6 Å². The summed E-state index contributed by atoms with van der Waals surface area (Å²) in [5, 5.41) is 15.3. The van der Waals surface area contributed by atoms with E-state index in [9.17, 15) is 9.90 Å². The van der Waals surface area contributed by atoms with E-state index in [-0.39, 0.29) is 17.2 Å². The number of para-hydroxylation sites is 1. The number of phenolic OH excluding ortho intramolecular Hbond substituents is 1. The van der Waals surface area contributed by atoms with Crippen molar-refractivity contribution in [1.29, 1.82) is 0 Å². The molecule has 0 spiro atoms. The van der Waals surface area contributed by atoms with Gasteiger partial charge in [-0.2, -0.15) is 0 Å². The summed E-state index contributed by atoms with van der Waals surface area (Å²) in [5.74, 6) is 0.332. The quantitative estimate of drug-likeness (QED) is 0.561. The van der Waals surface area contributed by atoms with Crippen molar-refractivity contribution in [3.63, 3.8) is 0 Å². The fourth-order valence-corrected chi connectivity index (χ4v) is 3.47. The molecule has 4 rings (SSSR count). The lowest BCUT2D eigenvalue weighted by molar-refractivity contribution is 0.102. The molecule has 0 aliphatic rings. The second-order valence-electron chi connectivity index (χ2n) is 6.60. The first-order valence-corrected chi connectivity index (χ1v) is 8.65. The summed E-state index contributed by atoms with van der Waals surface area (Å²) in [6.45, 7) is 1.89. The fourth-order valence-electron chi connectivity index (χ4n) is 3.47. The van der Waals surface area contributed by atoms with Gasteiger partial charge >= 0.3 is 0 Å². The van der Waals surface area contributed by atoms with Gasteiger partial charge in [0.25, 0.3) is 5.91 Å². The maximum atomic E-state index is 12.8. The van der Waals surface area contributed by atoms with Gasteiger partial charge in [-0.1, -0.05) is 18.2 Å². The average Bonchev–Trinajstić information content (AvgIpc) is 2.94. The number of anilines is 1. The van der Waals surface area contributed by atoms with Crippen LogP contribution in [0.5, 0.6) is 11.5 Å². The summed E-state index contributed by atoms with van der Waals surface area (Å²) in [6, 6.07) is 16.8. The number of aromatic hydroxyl groups is 1. The standard InChI is InChI=1S/C22H20N2O3/c1-13-10-14(27-3)8-9-18(13)23-22(26)17-11-16-15-6-4-5-7-19(15)24(2)20(16)12-21(17)25/h4-12,25H,1-3H3,(H,23,26). The van der Waals surface area contributed by atoms with Gasteiger partial charge < -0.3 is 19.7 Å².